The maximum atomic E-state index is 11.8. The molecule has 0 bridgehead atoms. The maximum Gasteiger partial charge on any atom is 0.234 e. The SMILES string of the molecule is Nc1ccnc2cc(C3CCC(=O)NC3=O)ccc12. The number of hydrogen-bond donors (Lipinski definition) is 2. The third-order valence-corrected chi connectivity index (χ3v) is 3.44. The summed E-state index contributed by atoms with van der Waals surface area (Å²) in [4.78, 5) is 27.2. The van der Waals surface area contributed by atoms with Gasteiger partial charge < -0.3 is 5.73 Å². The van der Waals surface area contributed by atoms with E-state index in [0.717, 1.165) is 16.5 Å². The van der Waals surface area contributed by atoms with Gasteiger partial charge in [-0.05, 0) is 24.1 Å². The fourth-order valence-corrected chi connectivity index (χ4v) is 2.42. The van der Waals surface area contributed by atoms with E-state index in [-0.39, 0.29) is 17.7 Å². The number of fused-ring (bicyclic) bond motifs is 1. The summed E-state index contributed by atoms with van der Waals surface area (Å²) in [6.07, 6.45) is 2.56. The monoisotopic (exact) mass is 255 g/mol. The normalized spacial score (nSPS) is 19.5. The van der Waals surface area contributed by atoms with Crippen molar-refractivity contribution < 1.29 is 9.59 Å². The molecule has 0 spiro atoms. The van der Waals surface area contributed by atoms with Crippen LogP contribution >= 0.6 is 0 Å². The van der Waals surface area contributed by atoms with E-state index in [1.807, 2.05) is 18.2 Å². The zero-order valence-corrected chi connectivity index (χ0v) is 10.2. The second-order valence-electron chi connectivity index (χ2n) is 4.68. The topological polar surface area (TPSA) is 85.1 Å². The van der Waals surface area contributed by atoms with Crippen molar-refractivity contribution in [2.75, 3.05) is 5.73 Å². The van der Waals surface area contributed by atoms with E-state index in [4.69, 9.17) is 5.73 Å². The van der Waals surface area contributed by atoms with Gasteiger partial charge in [-0.1, -0.05) is 12.1 Å². The number of amides is 2. The number of nitrogens with two attached hydrogens (primary N) is 1. The van der Waals surface area contributed by atoms with Gasteiger partial charge in [0.05, 0.1) is 11.4 Å². The van der Waals surface area contributed by atoms with E-state index in [1.165, 1.54) is 0 Å². The molecule has 1 aliphatic heterocycles. The fourth-order valence-electron chi connectivity index (χ4n) is 2.42. The molecule has 19 heavy (non-hydrogen) atoms. The Hall–Kier alpha value is -2.43. The van der Waals surface area contributed by atoms with Crippen molar-refractivity contribution in [3.63, 3.8) is 0 Å². The highest BCUT2D eigenvalue weighted by Crippen LogP contribution is 2.28. The van der Waals surface area contributed by atoms with Crippen molar-refractivity contribution in [2.45, 2.75) is 18.8 Å². The molecule has 3 N–H and O–H groups in total. The highest BCUT2D eigenvalue weighted by molar-refractivity contribution is 6.01. The predicted octanol–water partition coefficient (Wildman–Crippen LogP) is 1.34. The number of anilines is 1. The molecule has 0 saturated carbocycles. The molecule has 1 atom stereocenters. The number of imide groups is 1. The van der Waals surface area contributed by atoms with Crippen LogP contribution in [0.25, 0.3) is 10.9 Å². The highest BCUT2D eigenvalue weighted by atomic mass is 16.2. The molecule has 2 amide bonds. The van der Waals surface area contributed by atoms with Gasteiger partial charge in [0.15, 0.2) is 0 Å². The molecule has 5 nitrogen and oxygen atoms in total. The van der Waals surface area contributed by atoms with Gasteiger partial charge in [0.2, 0.25) is 11.8 Å². The molecule has 0 radical (unpaired) electrons. The standard InChI is InChI=1S/C14H13N3O2/c15-11-5-6-16-12-7-8(1-2-10(11)12)9-3-4-13(18)17-14(9)19/h1-2,5-7,9H,3-4H2,(H2,15,16)(H,17,18,19). The Morgan fingerprint density at radius 2 is 2.11 bits per heavy atom. The van der Waals surface area contributed by atoms with Gasteiger partial charge in [0.1, 0.15) is 0 Å². The second kappa shape index (κ2) is 4.35. The Kier molecular flexibility index (Phi) is 2.67. The number of nitrogens with one attached hydrogen (secondary N) is 1. The summed E-state index contributed by atoms with van der Waals surface area (Å²) in [6.45, 7) is 0. The minimum Gasteiger partial charge on any atom is -0.398 e. The zero-order valence-electron chi connectivity index (χ0n) is 10.2. The molecule has 2 heterocycles. The minimum atomic E-state index is -0.287. The molecule has 0 aliphatic carbocycles. The first kappa shape index (κ1) is 11.6. The van der Waals surface area contributed by atoms with Crippen LogP contribution in [0.5, 0.6) is 0 Å². The first-order valence-electron chi connectivity index (χ1n) is 6.13. The summed E-state index contributed by atoms with van der Waals surface area (Å²) in [7, 11) is 0. The average molecular weight is 255 g/mol. The third-order valence-electron chi connectivity index (χ3n) is 3.44. The number of nitrogen functional groups attached to an aromatic ring is 1. The smallest absolute Gasteiger partial charge is 0.234 e. The molecular formula is C14H13N3O2. The molecule has 1 aromatic heterocycles. The molecule has 3 rings (SSSR count). The molecule has 1 unspecified atom stereocenters. The number of rotatable bonds is 1. The van der Waals surface area contributed by atoms with Gasteiger partial charge in [-0.3, -0.25) is 19.9 Å². The number of carbonyl (C=O) groups excluding carboxylic acids is 2. The number of aromatic nitrogens is 1. The van der Waals surface area contributed by atoms with Crippen LogP contribution < -0.4 is 11.1 Å². The number of pyridine rings is 1. The van der Waals surface area contributed by atoms with Crippen molar-refractivity contribution >= 4 is 28.4 Å². The Morgan fingerprint density at radius 1 is 1.26 bits per heavy atom. The maximum absolute atomic E-state index is 11.8. The fraction of sp³-hybridized carbons (Fsp3) is 0.214. The van der Waals surface area contributed by atoms with E-state index in [0.29, 0.717) is 18.5 Å². The lowest BCUT2D eigenvalue weighted by Crippen LogP contribution is -2.39. The zero-order chi connectivity index (χ0) is 13.4. The second-order valence-corrected chi connectivity index (χ2v) is 4.68. The van der Waals surface area contributed by atoms with Crippen LogP contribution in [0.4, 0.5) is 5.69 Å². The summed E-state index contributed by atoms with van der Waals surface area (Å²) in [5.41, 5.74) is 8.17. The van der Waals surface area contributed by atoms with Crippen molar-refractivity contribution in [3.8, 4) is 0 Å². The van der Waals surface area contributed by atoms with Gasteiger partial charge in [-0.2, -0.15) is 0 Å². The van der Waals surface area contributed by atoms with Gasteiger partial charge in [-0.15, -0.1) is 0 Å². The summed E-state index contributed by atoms with van der Waals surface area (Å²) < 4.78 is 0. The predicted molar refractivity (Wildman–Crippen MR) is 71.3 cm³/mol. The molecule has 1 aromatic carbocycles. The highest BCUT2D eigenvalue weighted by Gasteiger charge is 2.28. The number of piperidine rings is 1. The first-order valence-corrected chi connectivity index (χ1v) is 6.13. The first-order chi connectivity index (χ1) is 9.15. The van der Waals surface area contributed by atoms with E-state index in [2.05, 4.69) is 10.3 Å². The van der Waals surface area contributed by atoms with Crippen LogP contribution in [0, 0.1) is 0 Å². The number of hydrogen-bond acceptors (Lipinski definition) is 4. The Labute approximate surface area is 109 Å². The molecule has 1 fully saturated rings. The lowest BCUT2D eigenvalue weighted by Gasteiger charge is -2.21. The minimum absolute atomic E-state index is 0.204. The van der Waals surface area contributed by atoms with Crippen LogP contribution in [-0.2, 0) is 9.59 Å². The summed E-state index contributed by atoms with van der Waals surface area (Å²) in [5.74, 6) is -0.728. The molecule has 1 saturated heterocycles. The Morgan fingerprint density at radius 3 is 2.89 bits per heavy atom. The van der Waals surface area contributed by atoms with E-state index in [1.54, 1.807) is 12.3 Å². The van der Waals surface area contributed by atoms with Crippen molar-refractivity contribution in [1.29, 1.82) is 0 Å². The molecular weight excluding hydrogens is 242 g/mol. The van der Waals surface area contributed by atoms with Crippen LogP contribution in [-0.4, -0.2) is 16.8 Å². The lowest BCUT2D eigenvalue weighted by atomic mass is 9.90. The number of nitrogens with zero attached hydrogens (tertiary/aromatic N) is 1. The van der Waals surface area contributed by atoms with E-state index < -0.39 is 0 Å². The van der Waals surface area contributed by atoms with Gasteiger partial charge in [0, 0.05) is 23.7 Å². The van der Waals surface area contributed by atoms with Gasteiger partial charge in [0.25, 0.3) is 0 Å². The average Bonchev–Trinajstić information content (AvgIpc) is 2.38. The van der Waals surface area contributed by atoms with Crippen LogP contribution in [0.3, 0.4) is 0 Å². The van der Waals surface area contributed by atoms with Gasteiger partial charge in [-0.25, -0.2) is 0 Å². The Balaban J connectivity index is 2.02. The van der Waals surface area contributed by atoms with E-state index >= 15 is 0 Å². The van der Waals surface area contributed by atoms with Crippen LogP contribution in [0.2, 0.25) is 0 Å². The third kappa shape index (κ3) is 2.03. The summed E-state index contributed by atoms with van der Waals surface area (Å²) >= 11 is 0. The summed E-state index contributed by atoms with van der Waals surface area (Å²) in [6, 6.07) is 7.36. The lowest BCUT2D eigenvalue weighted by molar-refractivity contribution is -0.134. The molecule has 96 valence electrons. The van der Waals surface area contributed by atoms with Crippen molar-refractivity contribution in [3.05, 3.63) is 36.0 Å². The van der Waals surface area contributed by atoms with Crippen molar-refractivity contribution in [2.24, 2.45) is 0 Å². The summed E-state index contributed by atoms with van der Waals surface area (Å²) in [5, 5.41) is 3.24. The van der Waals surface area contributed by atoms with Crippen LogP contribution in [0.1, 0.15) is 24.3 Å². The Bertz CT molecular complexity index is 681. The van der Waals surface area contributed by atoms with E-state index in [9.17, 15) is 9.59 Å². The largest absolute Gasteiger partial charge is 0.398 e. The molecule has 5 heteroatoms. The molecule has 2 aromatic rings. The number of benzene rings is 1. The molecule has 1 aliphatic rings. The number of carbonyl (C=O) groups is 2. The van der Waals surface area contributed by atoms with Gasteiger partial charge >= 0.3 is 0 Å². The van der Waals surface area contributed by atoms with Crippen LogP contribution in [0.15, 0.2) is 30.5 Å². The van der Waals surface area contributed by atoms with Crippen molar-refractivity contribution in [1.82, 2.24) is 10.3 Å². The quantitative estimate of drug-likeness (QED) is 0.753.